The number of rotatable bonds is 7. The average molecular weight is 413 g/mol. The van der Waals surface area contributed by atoms with E-state index in [1.54, 1.807) is 6.92 Å². The van der Waals surface area contributed by atoms with E-state index < -0.39 is 5.97 Å². The van der Waals surface area contributed by atoms with Crippen molar-refractivity contribution in [1.29, 1.82) is 0 Å². The molecule has 9 nitrogen and oxygen atoms in total. The third-order valence-electron chi connectivity index (χ3n) is 4.80. The third kappa shape index (κ3) is 5.44. The van der Waals surface area contributed by atoms with Gasteiger partial charge in [-0.1, -0.05) is 18.2 Å². The minimum atomic E-state index is -0.543. The lowest BCUT2D eigenvalue weighted by molar-refractivity contribution is -0.120. The molecule has 2 amide bonds. The highest BCUT2D eigenvalue weighted by Gasteiger charge is 2.25. The van der Waals surface area contributed by atoms with Gasteiger partial charge in [0, 0.05) is 19.5 Å². The Morgan fingerprint density at radius 1 is 1.23 bits per heavy atom. The number of ether oxygens (including phenoxy) is 1. The second-order valence-electron chi connectivity index (χ2n) is 7.20. The maximum absolute atomic E-state index is 12.8. The average Bonchev–Trinajstić information content (AvgIpc) is 3.12. The maximum Gasteiger partial charge on any atom is 0.343 e. The molecule has 0 radical (unpaired) electrons. The summed E-state index contributed by atoms with van der Waals surface area (Å²) in [5.74, 6) is -0.599. The number of piperidine rings is 1. The van der Waals surface area contributed by atoms with Crippen molar-refractivity contribution in [2.75, 3.05) is 31.6 Å². The summed E-state index contributed by atoms with van der Waals surface area (Å²) < 4.78 is 6.62. The van der Waals surface area contributed by atoms with Crippen LogP contribution in [0, 0.1) is 0 Å². The monoisotopic (exact) mass is 413 g/mol. The number of carbonyl (C=O) groups excluding carboxylic acids is 3. The van der Waals surface area contributed by atoms with Crippen molar-refractivity contribution in [3.05, 3.63) is 42.1 Å². The van der Waals surface area contributed by atoms with Crippen molar-refractivity contribution in [3.8, 4) is 5.69 Å². The Hall–Kier alpha value is -3.20. The first kappa shape index (κ1) is 21.5. The fourth-order valence-corrected chi connectivity index (χ4v) is 3.57. The zero-order valence-corrected chi connectivity index (χ0v) is 17.3. The Morgan fingerprint density at radius 3 is 2.70 bits per heavy atom. The number of esters is 1. The number of nitrogens with zero attached hydrogens (tertiary/aromatic N) is 3. The lowest BCUT2D eigenvalue weighted by atomic mass is 10.1. The Morgan fingerprint density at radius 2 is 2.00 bits per heavy atom. The first-order chi connectivity index (χ1) is 14.5. The SMILES string of the molecule is CCOC(=O)c1cnn(-c2ccccc2)c1NC(=O)CN1CCCC(NC(C)=O)C1. The lowest BCUT2D eigenvalue weighted by Crippen LogP contribution is -2.49. The van der Waals surface area contributed by atoms with Gasteiger partial charge in [0.05, 0.1) is 25.0 Å². The summed E-state index contributed by atoms with van der Waals surface area (Å²) in [6.07, 6.45) is 3.19. The summed E-state index contributed by atoms with van der Waals surface area (Å²) in [5, 5.41) is 10.0. The molecule has 1 aliphatic heterocycles. The van der Waals surface area contributed by atoms with Crippen molar-refractivity contribution in [1.82, 2.24) is 20.0 Å². The smallest absolute Gasteiger partial charge is 0.343 e. The Kier molecular flexibility index (Phi) is 7.18. The number of amides is 2. The van der Waals surface area contributed by atoms with Crippen LogP contribution in [0.1, 0.15) is 37.0 Å². The van der Waals surface area contributed by atoms with Crippen LogP contribution in [0.2, 0.25) is 0 Å². The Labute approximate surface area is 175 Å². The zero-order valence-electron chi connectivity index (χ0n) is 17.3. The van der Waals surface area contributed by atoms with Crippen molar-refractivity contribution in [2.24, 2.45) is 0 Å². The standard InChI is InChI=1S/C21H27N5O4/c1-3-30-21(29)18-12-22-26(17-9-5-4-6-10-17)20(18)24-19(28)14-25-11-7-8-16(13-25)23-15(2)27/h4-6,9-10,12,16H,3,7-8,11,13-14H2,1-2H3,(H,23,27)(H,24,28). The van der Waals surface area contributed by atoms with E-state index in [1.807, 2.05) is 35.2 Å². The van der Waals surface area contributed by atoms with Crippen molar-refractivity contribution in [3.63, 3.8) is 0 Å². The number of carbonyl (C=O) groups is 3. The number of anilines is 1. The van der Waals surface area contributed by atoms with Gasteiger partial charge < -0.3 is 15.4 Å². The normalized spacial score (nSPS) is 16.7. The molecule has 1 saturated heterocycles. The number of hydrogen-bond donors (Lipinski definition) is 2. The highest BCUT2D eigenvalue weighted by Crippen LogP contribution is 2.21. The summed E-state index contributed by atoms with van der Waals surface area (Å²) in [5.41, 5.74) is 0.913. The summed E-state index contributed by atoms with van der Waals surface area (Å²) >= 11 is 0. The van der Waals surface area contributed by atoms with Gasteiger partial charge in [-0.2, -0.15) is 5.10 Å². The second-order valence-corrected chi connectivity index (χ2v) is 7.20. The molecule has 0 aliphatic carbocycles. The van der Waals surface area contributed by atoms with Crippen LogP contribution in [-0.2, 0) is 14.3 Å². The van der Waals surface area contributed by atoms with Crippen LogP contribution < -0.4 is 10.6 Å². The summed E-state index contributed by atoms with van der Waals surface area (Å²) in [6.45, 7) is 4.97. The molecule has 1 aromatic heterocycles. The molecule has 0 spiro atoms. The van der Waals surface area contributed by atoms with E-state index in [0.717, 1.165) is 19.4 Å². The summed E-state index contributed by atoms with van der Waals surface area (Å²) in [4.78, 5) is 38.4. The van der Waals surface area contributed by atoms with Gasteiger partial charge in [0.2, 0.25) is 11.8 Å². The number of nitrogens with one attached hydrogen (secondary N) is 2. The van der Waals surface area contributed by atoms with E-state index in [2.05, 4.69) is 15.7 Å². The molecule has 160 valence electrons. The van der Waals surface area contributed by atoms with E-state index in [-0.39, 0.29) is 42.4 Å². The van der Waals surface area contributed by atoms with E-state index in [0.29, 0.717) is 12.2 Å². The number of hydrogen-bond acceptors (Lipinski definition) is 6. The van der Waals surface area contributed by atoms with Gasteiger partial charge >= 0.3 is 5.97 Å². The van der Waals surface area contributed by atoms with Crippen molar-refractivity contribution in [2.45, 2.75) is 32.7 Å². The molecule has 9 heteroatoms. The Balaban J connectivity index is 1.75. The van der Waals surface area contributed by atoms with Gasteiger partial charge in [-0.25, -0.2) is 9.48 Å². The highest BCUT2D eigenvalue weighted by molar-refractivity contribution is 6.01. The largest absolute Gasteiger partial charge is 0.462 e. The molecule has 1 unspecified atom stereocenters. The zero-order chi connectivity index (χ0) is 21.5. The molecule has 1 aliphatic rings. The van der Waals surface area contributed by atoms with E-state index in [4.69, 9.17) is 4.74 Å². The van der Waals surface area contributed by atoms with Gasteiger partial charge in [-0.15, -0.1) is 0 Å². The van der Waals surface area contributed by atoms with Crippen LogP contribution in [0.3, 0.4) is 0 Å². The minimum absolute atomic E-state index is 0.0361. The molecule has 0 bridgehead atoms. The third-order valence-corrected chi connectivity index (χ3v) is 4.80. The van der Waals surface area contributed by atoms with E-state index in [1.165, 1.54) is 17.8 Å². The molecule has 2 heterocycles. The first-order valence-electron chi connectivity index (χ1n) is 10.1. The summed E-state index contributed by atoms with van der Waals surface area (Å²) in [7, 11) is 0. The molecule has 2 aromatic rings. The second kappa shape index (κ2) is 10.0. The van der Waals surface area contributed by atoms with Crippen LogP contribution in [-0.4, -0.2) is 64.7 Å². The predicted molar refractivity (Wildman–Crippen MR) is 111 cm³/mol. The number of likely N-dealkylation sites (tertiary alicyclic amines) is 1. The van der Waals surface area contributed by atoms with Gasteiger partial charge in [0.15, 0.2) is 5.82 Å². The molecular formula is C21H27N5O4. The molecular weight excluding hydrogens is 386 g/mol. The maximum atomic E-state index is 12.8. The van der Waals surface area contributed by atoms with Crippen LogP contribution in [0.25, 0.3) is 5.69 Å². The number of para-hydroxylation sites is 1. The molecule has 30 heavy (non-hydrogen) atoms. The first-order valence-corrected chi connectivity index (χ1v) is 10.1. The van der Waals surface area contributed by atoms with Crippen molar-refractivity contribution >= 4 is 23.6 Å². The fourth-order valence-electron chi connectivity index (χ4n) is 3.57. The summed E-state index contributed by atoms with van der Waals surface area (Å²) in [6, 6.07) is 9.28. The lowest BCUT2D eigenvalue weighted by Gasteiger charge is -2.32. The molecule has 1 atom stereocenters. The highest BCUT2D eigenvalue weighted by atomic mass is 16.5. The quantitative estimate of drug-likeness (QED) is 0.668. The minimum Gasteiger partial charge on any atom is -0.462 e. The predicted octanol–water partition coefficient (Wildman–Crippen LogP) is 1.59. The molecule has 0 saturated carbocycles. The van der Waals surface area contributed by atoms with Crippen LogP contribution in [0.5, 0.6) is 0 Å². The van der Waals surface area contributed by atoms with E-state index in [9.17, 15) is 14.4 Å². The van der Waals surface area contributed by atoms with Gasteiger partial charge in [0.25, 0.3) is 0 Å². The van der Waals surface area contributed by atoms with Crippen LogP contribution in [0.4, 0.5) is 5.82 Å². The number of benzene rings is 1. The molecule has 1 fully saturated rings. The fraction of sp³-hybridized carbons (Fsp3) is 0.429. The molecule has 3 rings (SSSR count). The van der Waals surface area contributed by atoms with Crippen molar-refractivity contribution < 1.29 is 19.1 Å². The number of aromatic nitrogens is 2. The molecule has 2 N–H and O–H groups in total. The molecule has 1 aromatic carbocycles. The van der Waals surface area contributed by atoms with Gasteiger partial charge in [-0.3, -0.25) is 14.5 Å². The topological polar surface area (TPSA) is 106 Å². The Bertz CT molecular complexity index is 896. The van der Waals surface area contributed by atoms with E-state index >= 15 is 0 Å². The van der Waals surface area contributed by atoms with Gasteiger partial charge in [0.1, 0.15) is 5.56 Å². The van der Waals surface area contributed by atoms with Crippen LogP contribution in [0.15, 0.2) is 36.5 Å². The van der Waals surface area contributed by atoms with Gasteiger partial charge in [-0.05, 0) is 38.4 Å². The van der Waals surface area contributed by atoms with Crippen LogP contribution >= 0.6 is 0 Å².